The van der Waals surface area contributed by atoms with E-state index in [0.29, 0.717) is 19.8 Å². The summed E-state index contributed by atoms with van der Waals surface area (Å²) in [5.41, 5.74) is 0. The molecule has 0 heterocycles. The third kappa shape index (κ3) is 6.93. The molecule has 0 saturated heterocycles. The number of unbranched alkanes of at least 4 members (excludes halogenated alkanes) is 4. The average Bonchev–Trinajstić information content (AvgIpc) is 2.59. The zero-order valence-electron chi connectivity index (χ0n) is 15.8. The van der Waals surface area contributed by atoms with Gasteiger partial charge in [0.05, 0.1) is 6.61 Å². The second-order valence-electron chi connectivity index (χ2n) is 5.64. The first-order valence-corrected chi connectivity index (χ1v) is 11.1. The highest BCUT2D eigenvalue weighted by molar-refractivity contribution is 6.75. The summed E-state index contributed by atoms with van der Waals surface area (Å²) in [6, 6.07) is 8.00. The SMILES string of the molecule is CCCCCCCOc1ccc([Si](OCC)(OCC)OCC)cc1. The molecule has 0 unspecified atom stereocenters. The molecule has 0 saturated carbocycles. The van der Waals surface area contributed by atoms with Crippen molar-refractivity contribution in [2.45, 2.75) is 59.8 Å². The molecular formula is C19H34O4Si. The van der Waals surface area contributed by atoms with Crippen LogP contribution in [0, 0.1) is 0 Å². The number of benzene rings is 1. The minimum absolute atomic E-state index is 0.572. The fraction of sp³-hybridized carbons (Fsp3) is 0.684. The summed E-state index contributed by atoms with van der Waals surface area (Å²) in [7, 11) is -2.80. The molecule has 138 valence electrons. The van der Waals surface area contributed by atoms with Crippen LogP contribution >= 0.6 is 0 Å². The van der Waals surface area contributed by atoms with E-state index in [1.807, 2.05) is 45.0 Å². The second kappa shape index (κ2) is 12.5. The van der Waals surface area contributed by atoms with Gasteiger partial charge >= 0.3 is 8.80 Å². The largest absolute Gasteiger partial charge is 0.537 e. The van der Waals surface area contributed by atoms with E-state index >= 15 is 0 Å². The van der Waals surface area contributed by atoms with E-state index in [1.54, 1.807) is 0 Å². The Labute approximate surface area is 148 Å². The maximum Gasteiger partial charge on any atom is 0.537 e. The molecule has 4 nitrogen and oxygen atoms in total. The lowest BCUT2D eigenvalue weighted by molar-refractivity contribution is 0.0859. The van der Waals surface area contributed by atoms with Crippen LogP contribution in [-0.2, 0) is 13.3 Å². The Balaban J connectivity index is 2.62. The van der Waals surface area contributed by atoms with Gasteiger partial charge in [-0.3, -0.25) is 0 Å². The molecule has 0 aliphatic heterocycles. The summed E-state index contributed by atoms with van der Waals surface area (Å²) in [5, 5.41) is 0.989. The Morgan fingerprint density at radius 2 is 1.25 bits per heavy atom. The van der Waals surface area contributed by atoms with Gasteiger partial charge in [0, 0.05) is 25.0 Å². The van der Waals surface area contributed by atoms with Gasteiger partial charge in [-0.25, -0.2) is 0 Å². The Morgan fingerprint density at radius 1 is 0.708 bits per heavy atom. The normalized spacial score (nSPS) is 11.7. The predicted octanol–water partition coefficient (Wildman–Crippen LogP) is 4.29. The van der Waals surface area contributed by atoms with Gasteiger partial charge < -0.3 is 18.0 Å². The fourth-order valence-electron chi connectivity index (χ4n) is 2.60. The quantitative estimate of drug-likeness (QED) is 0.369. The molecule has 0 aliphatic carbocycles. The van der Waals surface area contributed by atoms with Crippen molar-refractivity contribution in [3.63, 3.8) is 0 Å². The molecule has 0 amide bonds. The van der Waals surface area contributed by atoms with E-state index in [4.69, 9.17) is 18.0 Å². The van der Waals surface area contributed by atoms with Gasteiger partial charge in [0.1, 0.15) is 5.75 Å². The first kappa shape index (κ1) is 21.2. The molecule has 1 aromatic rings. The van der Waals surface area contributed by atoms with Crippen LogP contribution < -0.4 is 9.92 Å². The summed E-state index contributed by atoms with van der Waals surface area (Å²) in [6.45, 7) is 10.6. The van der Waals surface area contributed by atoms with Crippen molar-refractivity contribution < 1.29 is 18.0 Å². The summed E-state index contributed by atoms with van der Waals surface area (Å²) in [4.78, 5) is 0. The lowest BCUT2D eigenvalue weighted by Crippen LogP contribution is -2.56. The maximum absolute atomic E-state index is 5.93. The first-order valence-electron chi connectivity index (χ1n) is 9.37. The highest BCUT2D eigenvalue weighted by Gasteiger charge is 2.43. The molecule has 24 heavy (non-hydrogen) atoms. The summed E-state index contributed by atoms with van der Waals surface area (Å²) < 4.78 is 23.6. The monoisotopic (exact) mass is 354 g/mol. The van der Waals surface area contributed by atoms with Crippen molar-refractivity contribution in [3.05, 3.63) is 24.3 Å². The van der Waals surface area contributed by atoms with Crippen molar-refractivity contribution in [3.8, 4) is 5.75 Å². The third-order valence-electron chi connectivity index (χ3n) is 3.73. The van der Waals surface area contributed by atoms with Crippen LogP contribution in [0.2, 0.25) is 0 Å². The van der Waals surface area contributed by atoms with Crippen molar-refractivity contribution in [2.24, 2.45) is 0 Å². The van der Waals surface area contributed by atoms with E-state index in [1.165, 1.54) is 25.7 Å². The molecule has 0 aromatic heterocycles. The molecule has 1 rings (SSSR count). The smallest absolute Gasteiger partial charge is 0.494 e. The predicted molar refractivity (Wildman–Crippen MR) is 101 cm³/mol. The molecule has 0 spiro atoms. The summed E-state index contributed by atoms with van der Waals surface area (Å²) in [6.07, 6.45) is 6.23. The minimum atomic E-state index is -2.80. The number of hydrogen-bond acceptors (Lipinski definition) is 4. The molecule has 0 fully saturated rings. The van der Waals surface area contributed by atoms with Gasteiger partial charge in [0.2, 0.25) is 0 Å². The maximum atomic E-state index is 5.93. The van der Waals surface area contributed by atoms with E-state index in [0.717, 1.165) is 24.0 Å². The van der Waals surface area contributed by atoms with Crippen molar-refractivity contribution in [2.75, 3.05) is 26.4 Å². The molecule has 1 aromatic carbocycles. The molecule has 0 atom stereocenters. The first-order chi connectivity index (χ1) is 11.7. The minimum Gasteiger partial charge on any atom is -0.494 e. The van der Waals surface area contributed by atoms with Crippen LogP contribution in [0.15, 0.2) is 24.3 Å². The number of ether oxygens (including phenoxy) is 1. The van der Waals surface area contributed by atoms with Crippen molar-refractivity contribution in [1.29, 1.82) is 0 Å². The van der Waals surface area contributed by atoms with Crippen molar-refractivity contribution >= 4 is 14.0 Å². The Morgan fingerprint density at radius 3 is 1.75 bits per heavy atom. The van der Waals surface area contributed by atoms with E-state index < -0.39 is 8.80 Å². The van der Waals surface area contributed by atoms with Crippen LogP contribution in [0.1, 0.15) is 59.8 Å². The fourth-order valence-corrected chi connectivity index (χ4v) is 5.06. The van der Waals surface area contributed by atoms with E-state index in [-0.39, 0.29) is 0 Å². The lowest BCUT2D eigenvalue weighted by Gasteiger charge is -2.28. The summed E-state index contributed by atoms with van der Waals surface area (Å²) in [5.74, 6) is 0.890. The molecule has 5 heteroatoms. The molecule has 0 bridgehead atoms. The van der Waals surface area contributed by atoms with Gasteiger partial charge in [0.15, 0.2) is 0 Å². The zero-order valence-corrected chi connectivity index (χ0v) is 16.8. The van der Waals surface area contributed by atoms with E-state index in [9.17, 15) is 0 Å². The highest BCUT2D eigenvalue weighted by Crippen LogP contribution is 2.15. The van der Waals surface area contributed by atoms with Crippen molar-refractivity contribution in [1.82, 2.24) is 0 Å². The van der Waals surface area contributed by atoms with Crippen LogP contribution in [0.5, 0.6) is 5.75 Å². The number of hydrogen-bond donors (Lipinski definition) is 0. The van der Waals surface area contributed by atoms with Gasteiger partial charge in [-0.05, 0) is 39.3 Å². The third-order valence-corrected chi connectivity index (χ3v) is 6.77. The number of rotatable bonds is 14. The second-order valence-corrected chi connectivity index (χ2v) is 8.20. The highest BCUT2D eigenvalue weighted by atomic mass is 28.4. The van der Waals surface area contributed by atoms with Gasteiger partial charge in [-0.2, -0.15) is 0 Å². The zero-order chi connectivity index (χ0) is 17.7. The van der Waals surface area contributed by atoms with Crippen LogP contribution in [0.25, 0.3) is 0 Å². The molecule has 0 radical (unpaired) electrons. The lowest BCUT2D eigenvalue weighted by atomic mass is 10.2. The topological polar surface area (TPSA) is 36.9 Å². The Kier molecular flexibility index (Phi) is 11.0. The van der Waals surface area contributed by atoms with E-state index in [2.05, 4.69) is 6.92 Å². The molecule has 0 aliphatic rings. The van der Waals surface area contributed by atoms with Gasteiger partial charge in [-0.15, -0.1) is 0 Å². The Bertz CT molecular complexity index is 405. The van der Waals surface area contributed by atoms with Crippen LogP contribution in [-0.4, -0.2) is 35.2 Å². The van der Waals surface area contributed by atoms with Crippen LogP contribution in [0.4, 0.5) is 0 Å². The molecular weight excluding hydrogens is 320 g/mol. The summed E-state index contributed by atoms with van der Waals surface area (Å²) >= 11 is 0. The Hall–Kier alpha value is -0.883. The average molecular weight is 355 g/mol. The van der Waals surface area contributed by atoms with Crippen LogP contribution in [0.3, 0.4) is 0 Å². The van der Waals surface area contributed by atoms with Gasteiger partial charge in [0.25, 0.3) is 0 Å². The standard InChI is InChI=1S/C19H34O4Si/c1-5-9-10-11-12-17-20-18-13-15-19(16-14-18)24(21-6-2,22-7-3)23-8-4/h13-16H,5-12,17H2,1-4H3. The molecule has 0 N–H and O–H groups in total. The van der Waals surface area contributed by atoms with Gasteiger partial charge in [-0.1, -0.05) is 44.7 Å².